The van der Waals surface area contributed by atoms with Crippen molar-refractivity contribution < 1.29 is 19.2 Å². The molecule has 3 amide bonds. The molecule has 6 nitrogen and oxygen atoms in total. The molecular weight excluding hydrogens is 487 g/mol. The Labute approximate surface area is 205 Å². The molecule has 170 valence electrons. The van der Waals surface area contributed by atoms with E-state index in [1.807, 2.05) is 13.0 Å². The molecule has 2 aliphatic rings. The van der Waals surface area contributed by atoms with Crippen LogP contribution in [0.1, 0.15) is 40.5 Å². The van der Waals surface area contributed by atoms with Crippen molar-refractivity contribution >= 4 is 58.3 Å². The topological polar surface area (TPSA) is 74.8 Å². The fourth-order valence-electron chi connectivity index (χ4n) is 4.20. The molecule has 0 unspecified atom stereocenters. The van der Waals surface area contributed by atoms with Crippen LogP contribution >= 0.6 is 34.8 Å². The molecule has 2 aromatic rings. The third-order valence-electron chi connectivity index (χ3n) is 5.90. The fraction of sp³-hybridized carbons (Fsp3) is 0.250. The minimum atomic E-state index is -0.732. The van der Waals surface area contributed by atoms with Crippen LogP contribution in [0.25, 0.3) is 0 Å². The zero-order valence-corrected chi connectivity index (χ0v) is 19.8. The largest absolute Gasteiger partial charge is 0.292 e. The molecule has 2 aromatic carbocycles. The molecule has 1 heterocycles. The highest BCUT2D eigenvalue weighted by Crippen LogP contribution is 2.39. The number of amides is 3. The zero-order valence-electron chi connectivity index (χ0n) is 17.6. The van der Waals surface area contributed by atoms with Gasteiger partial charge in [-0.3, -0.25) is 19.2 Å². The summed E-state index contributed by atoms with van der Waals surface area (Å²) in [6.45, 7) is 1.32. The molecule has 0 radical (unpaired) electrons. The number of carbonyl (C=O) groups excluding carboxylic acids is 4. The lowest BCUT2D eigenvalue weighted by molar-refractivity contribution is -0.154. The van der Waals surface area contributed by atoms with E-state index in [9.17, 15) is 19.2 Å². The van der Waals surface area contributed by atoms with Gasteiger partial charge in [-0.25, -0.2) is 5.01 Å². The number of Topliss-reactive ketones (excluding diaryl/α,β-unsaturated/α-hetero) is 1. The van der Waals surface area contributed by atoms with Crippen molar-refractivity contribution in [2.75, 3.05) is 6.54 Å². The predicted octanol–water partition coefficient (Wildman–Crippen LogP) is 5.23. The number of hydrogen-bond acceptors (Lipinski definition) is 4. The van der Waals surface area contributed by atoms with Crippen LogP contribution in [0.4, 0.5) is 0 Å². The Balaban J connectivity index is 1.73. The molecule has 33 heavy (non-hydrogen) atoms. The lowest BCUT2D eigenvalue weighted by Gasteiger charge is -2.30. The zero-order chi connectivity index (χ0) is 23.9. The minimum absolute atomic E-state index is 0.0685. The highest BCUT2D eigenvalue weighted by atomic mass is 35.5. The van der Waals surface area contributed by atoms with E-state index in [4.69, 9.17) is 34.8 Å². The van der Waals surface area contributed by atoms with Crippen LogP contribution in [0.2, 0.25) is 15.1 Å². The fourth-order valence-corrected chi connectivity index (χ4v) is 4.93. The van der Waals surface area contributed by atoms with Gasteiger partial charge in [-0.1, -0.05) is 58.6 Å². The monoisotopic (exact) mass is 504 g/mol. The van der Waals surface area contributed by atoms with Crippen LogP contribution in [0, 0.1) is 11.8 Å². The molecule has 0 N–H and O–H groups in total. The van der Waals surface area contributed by atoms with Crippen molar-refractivity contribution in [3.05, 3.63) is 80.3 Å². The Morgan fingerprint density at radius 1 is 0.970 bits per heavy atom. The van der Waals surface area contributed by atoms with Crippen molar-refractivity contribution in [1.82, 2.24) is 10.0 Å². The van der Waals surface area contributed by atoms with Crippen LogP contribution in [0.3, 0.4) is 0 Å². The Hall–Kier alpha value is -2.67. The molecule has 0 saturated carbocycles. The number of ketones is 1. The van der Waals surface area contributed by atoms with Crippen LogP contribution in [0.15, 0.2) is 54.1 Å². The van der Waals surface area contributed by atoms with Gasteiger partial charge in [0.15, 0.2) is 5.78 Å². The van der Waals surface area contributed by atoms with E-state index in [1.54, 1.807) is 12.1 Å². The van der Waals surface area contributed by atoms with E-state index >= 15 is 0 Å². The van der Waals surface area contributed by atoms with E-state index in [-0.39, 0.29) is 21.2 Å². The van der Waals surface area contributed by atoms with Gasteiger partial charge in [0.2, 0.25) is 0 Å². The number of allylic oxidation sites excluding steroid dienone is 2. The normalized spacial score (nSPS) is 19.9. The Kier molecular flexibility index (Phi) is 6.61. The van der Waals surface area contributed by atoms with Crippen LogP contribution < -0.4 is 0 Å². The Morgan fingerprint density at radius 3 is 2.36 bits per heavy atom. The summed E-state index contributed by atoms with van der Waals surface area (Å²) in [5.41, 5.74) is 1.19. The summed E-state index contributed by atoms with van der Waals surface area (Å²) in [5.74, 6) is -3.45. The van der Waals surface area contributed by atoms with Crippen molar-refractivity contribution in [1.29, 1.82) is 0 Å². The quantitative estimate of drug-likeness (QED) is 0.317. The number of fused-ring (bicyclic) bond motifs is 1. The molecule has 0 aromatic heterocycles. The number of halogens is 3. The average Bonchev–Trinajstić information content (AvgIpc) is 3.01. The second-order valence-electron chi connectivity index (χ2n) is 8.08. The molecule has 1 fully saturated rings. The van der Waals surface area contributed by atoms with E-state index in [0.717, 1.165) is 15.6 Å². The Bertz CT molecular complexity index is 1210. The third-order valence-corrected chi connectivity index (χ3v) is 6.78. The van der Waals surface area contributed by atoms with E-state index in [2.05, 4.69) is 0 Å². The molecule has 0 bridgehead atoms. The van der Waals surface area contributed by atoms with Crippen LogP contribution in [-0.4, -0.2) is 40.1 Å². The number of imide groups is 1. The van der Waals surface area contributed by atoms with Crippen LogP contribution in [0.5, 0.6) is 0 Å². The number of nitrogens with zero attached hydrogens (tertiary/aromatic N) is 2. The molecule has 9 heteroatoms. The smallest absolute Gasteiger partial charge is 0.274 e. The van der Waals surface area contributed by atoms with Gasteiger partial charge in [-0.05, 0) is 50.1 Å². The second-order valence-corrected chi connectivity index (χ2v) is 9.33. The summed E-state index contributed by atoms with van der Waals surface area (Å²) in [4.78, 5) is 53.2. The highest BCUT2D eigenvalue weighted by Gasteiger charge is 2.51. The van der Waals surface area contributed by atoms with Gasteiger partial charge >= 0.3 is 0 Å². The predicted molar refractivity (Wildman–Crippen MR) is 125 cm³/mol. The number of hydrogen-bond donors (Lipinski definition) is 0. The van der Waals surface area contributed by atoms with Crippen molar-refractivity contribution in [3.63, 3.8) is 0 Å². The molecule has 1 aliphatic heterocycles. The summed E-state index contributed by atoms with van der Waals surface area (Å²) in [6, 6.07) is 10.6. The van der Waals surface area contributed by atoms with Gasteiger partial charge in [0.25, 0.3) is 17.7 Å². The Morgan fingerprint density at radius 2 is 1.67 bits per heavy atom. The van der Waals surface area contributed by atoms with Gasteiger partial charge in [0.1, 0.15) is 6.54 Å². The first kappa shape index (κ1) is 23.5. The molecule has 0 spiro atoms. The summed E-state index contributed by atoms with van der Waals surface area (Å²) < 4.78 is 0. The van der Waals surface area contributed by atoms with Gasteiger partial charge in [0.05, 0.1) is 27.4 Å². The molecule has 1 aliphatic carbocycles. The summed E-state index contributed by atoms with van der Waals surface area (Å²) in [5, 5.41) is 2.28. The molecular formula is C24H19Cl3N2O4. The van der Waals surface area contributed by atoms with Gasteiger partial charge in [-0.2, -0.15) is 5.01 Å². The summed E-state index contributed by atoms with van der Waals surface area (Å²) >= 11 is 18.3. The third kappa shape index (κ3) is 4.43. The first-order chi connectivity index (χ1) is 15.7. The van der Waals surface area contributed by atoms with Gasteiger partial charge < -0.3 is 0 Å². The number of rotatable bonds is 5. The second kappa shape index (κ2) is 9.29. The first-order valence-corrected chi connectivity index (χ1v) is 11.4. The molecule has 1 saturated heterocycles. The van der Waals surface area contributed by atoms with Crippen molar-refractivity contribution in [3.8, 4) is 0 Å². The summed E-state index contributed by atoms with van der Waals surface area (Å²) in [6.07, 6.45) is 2.76. The van der Waals surface area contributed by atoms with Crippen molar-refractivity contribution in [2.45, 2.75) is 19.8 Å². The average molecular weight is 506 g/mol. The van der Waals surface area contributed by atoms with Crippen LogP contribution in [-0.2, 0) is 9.59 Å². The number of benzene rings is 2. The van der Waals surface area contributed by atoms with E-state index in [0.29, 0.717) is 17.9 Å². The van der Waals surface area contributed by atoms with E-state index in [1.165, 1.54) is 30.3 Å². The maximum atomic E-state index is 13.5. The SMILES string of the molecule is CC1=CC[C@@H]2C(=O)N(N(CC(=O)c3ccc(Cl)cc3Cl)C(=O)c3ccccc3Cl)C(=O)[C@H]2C1. The van der Waals surface area contributed by atoms with E-state index < -0.39 is 41.9 Å². The summed E-state index contributed by atoms with van der Waals surface area (Å²) in [7, 11) is 0. The lowest BCUT2D eigenvalue weighted by atomic mass is 9.82. The number of hydrazine groups is 1. The first-order valence-electron chi connectivity index (χ1n) is 10.3. The molecule has 2 atom stereocenters. The highest BCUT2D eigenvalue weighted by molar-refractivity contribution is 6.37. The van der Waals surface area contributed by atoms with Crippen molar-refractivity contribution in [2.24, 2.45) is 11.8 Å². The maximum absolute atomic E-state index is 13.5. The standard InChI is InChI=1S/C24H19Cl3N2O4/c1-13-6-8-15-18(10-13)24(33)29(23(15)32)28(22(31)17-4-2-3-5-19(17)26)12-21(30)16-9-7-14(25)11-20(16)27/h2-7,9,11,15,18H,8,10,12H2,1H3/t15-,18-/m0/s1. The molecule has 4 rings (SSSR count). The van der Waals surface area contributed by atoms with Gasteiger partial charge in [-0.15, -0.1) is 0 Å². The minimum Gasteiger partial charge on any atom is -0.292 e. The maximum Gasteiger partial charge on any atom is 0.274 e. The number of carbonyl (C=O) groups is 4. The van der Waals surface area contributed by atoms with Gasteiger partial charge in [0, 0.05) is 10.6 Å². The lowest BCUT2D eigenvalue weighted by Crippen LogP contribution is -2.52.